The first-order valence-electron chi connectivity index (χ1n) is 10.1. The molecule has 6 rings (SSSR count). The number of carbonyl (C=O) groups excluding carboxylic acids is 1. The van der Waals surface area contributed by atoms with E-state index in [9.17, 15) is 10.1 Å². The molecular formula is C22H19N7O. The van der Waals surface area contributed by atoms with Gasteiger partial charge in [0.05, 0.1) is 35.9 Å². The van der Waals surface area contributed by atoms with Gasteiger partial charge in [0, 0.05) is 24.5 Å². The zero-order valence-corrected chi connectivity index (χ0v) is 16.5. The predicted octanol–water partition coefficient (Wildman–Crippen LogP) is 2.94. The van der Waals surface area contributed by atoms with Gasteiger partial charge in [-0.25, -0.2) is 9.50 Å². The monoisotopic (exact) mass is 397 g/mol. The maximum absolute atomic E-state index is 13.4. The van der Waals surface area contributed by atoms with Crippen LogP contribution in [0.3, 0.4) is 0 Å². The number of aryl methyl sites for hydroxylation is 1. The van der Waals surface area contributed by atoms with Crippen LogP contribution in [0.2, 0.25) is 0 Å². The quantitative estimate of drug-likeness (QED) is 0.530. The molecule has 2 fully saturated rings. The fraction of sp³-hybridized carbons (Fsp3) is 0.318. The van der Waals surface area contributed by atoms with Gasteiger partial charge >= 0.3 is 0 Å². The summed E-state index contributed by atoms with van der Waals surface area (Å²) in [6.45, 7) is 0.496. The molecule has 1 saturated heterocycles. The molecule has 2 aliphatic rings. The van der Waals surface area contributed by atoms with E-state index in [2.05, 4.69) is 16.3 Å². The molecule has 1 saturated carbocycles. The summed E-state index contributed by atoms with van der Waals surface area (Å²) in [5.74, 6) is 0.609. The number of nitriles is 1. The molecule has 8 heteroatoms. The Morgan fingerprint density at radius 3 is 2.90 bits per heavy atom. The van der Waals surface area contributed by atoms with Gasteiger partial charge in [0.1, 0.15) is 10.9 Å². The molecule has 1 amide bonds. The lowest BCUT2D eigenvalue weighted by Crippen LogP contribution is -2.36. The second-order valence-electron chi connectivity index (χ2n) is 8.19. The van der Waals surface area contributed by atoms with Crippen LogP contribution in [-0.4, -0.2) is 36.8 Å². The number of para-hydroxylation sites is 1. The van der Waals surface area contributed by atoms with E-state index in [0.29, 0.717) is 24.5 Å². The molecule has 148 valence electrons. The van der Waals surface area contributed by atoms with Crippen LogP contribution in [0.4, 0.5) is 5.82 Å². The lowest BCUT2D eigenvalue weighted by Gasteiger charge is -2.21. The van der Waals surface area contributed by atoms with E-state index in [1.54, 1.807) is 15.6 Å². The maximum atomic E-state index is 13.4. The summed E-state index contributed by atoms with van der Waals surface area (Å²) in [5, 5.41) is 19.6. The Labute approximate surface area is 172 Å². The minimum absolute atomic E-state index is 0.126. The Bertz CT molecular complexity index is 1370. The molecule has 30 heavy (non-hydrogen) atoms. The average Bonchev–Trinajstić information content (AvgIpc) is 3.24. The van der Waals surface area contributed by atoms with Crippen LogP contribution in [-0.2, 0) is 11.8 Å². The Morgan fingerprint density at radius 1 is 1.23 bits per heavy atom. The number of aromatic nitrogens is 5. The fourth-order valence-electron chi connectivity index (χ4n) is 4.77. The third-order valence-electron chi connectivity index (χ3n) is 6.49. The molecule has 4 heterocycles. The number of rotatable bonds is 3. The first kappa shape index (κ1) is 17.2. The van der Waals surface area contributed by atoms with Crippen molar-refractivity contribution >= 4 is 28.1 Å². The minimum Gasteiger partial charge on any atom is -0.294 e. The van der Waals surface area contributed by atoms with E-state index in [4.69, 9.17) is 4.98 Å². The van der Waals surface area contributed by atoms with Gasteiger partial charge in [0.15, 0.2) is 5.82 Å². The molecular weight excluding hydrogens is 378 g/mol. The van der Waals surface area contributed by atoms with Crippen molar-refractivity contribution in [2.45, 2.75) is 19.3 Å². The molecule has 1 aromatic carbocycles. The van der Waals surface area contributed by atoms with Crippen LogP contribution < -0.4 is 4.90 Å². The van der Waals surface area contributed by atoms with E-state index >= 15 is 0 Å². The molecule has 0 N–H and O–H groups in total. The maximum Gasteiger partial charge on any atom is 0.249 e. The van der Waals surface area contributed by atoms with Gasteiger partial charge in [-0.3, -0.25) is 14.4 Å². The Balaban J connectivity index is 1.54. The molecule has 1 aliphatic carbocycles. The van der Waals surface area contributed by atoms with Crippen LogP contribution in [0.15, 0.2) is 42.9 Å². The number of benzene rings is 1. The van der Waals surface area contributed by atoms with Crippen LogP contribution in [0.1, 0.15) is 19.3 Å². The second kappa shape index (κ2) is 5.89. The van der Waals surface area contributed by atoms with Crippen LogP contribution in [0, 0.1) is 22.7 Å². The van der Waals surface area contributed by atoms with Gasteiger partial charge in [-0.2, -0.15) is 15.5 Å². The Kier molecular flexibility index (Phi) is 3.37. The summed E-state index contributed by atoms with van der Waals surface area (Å²) < 4.78 is 3.58. The number of fused-ring (bicyclic) bond motifs is 2. The van der Waals surface area contributed by atoms with Gasteiger partial charge in [-0.05, 0) is 31.2 Å². The molecule has 8 nitrogen and oxygen atoms in total. The molecule has 1 atom stereocenters. The van der Waals surface area contributed by atoms with E-state index in [-0.39, 0.29) is 11.8 Å². The molecule has 4 aromatic rings. The van der Waals surface area contributed by atoms with Crippen LogP contribution in [0.5, 0.6) is 0 Å². The molecule has 0 bridgehead atoms. The predicted molar refractivity (Wildman–Crippen MR) is 110 cm³/mol. The summed E-state index contributed by atoms with van der Waals surface area (Å²) in [6.07, 6.45) is 7.85. The van der Waals surface area contributed by atoms with Crippen molar-refractivity contribution in [1.82, 2.24) is 24.4 Å². The number of nitrogens with zero attached hydrogens (tertiary/aromatic N) is 7. The van der Waals surface area contributed by atoms with Crippen molar-refractivity contribution in [3.8, 4) is 17.3 Å². The summed E-state index contributed by atoms with van der Waals surface area (Å²) in [4.78, 5) is 20.0. The van der Waals surface area contributed by atoms with Crippen molar-refractivity contribution in [2.24, 2.45) is 18.4 Å². The smallest absolute Gasteiger partial charge is 0.249 e. The van der Waals surface area contributed by atoms with E-state index in [1.807, 2.05) is 48.4 Å². The summed E-state index contributed by atoms with van der Waals surface area (Å²) in [6, 6.07) is 10.2. The largest absolute Gasteiger partial charge is 0.294 e. The van der Waals surface area contributed by atoms with Crippen LogP contribution >= 0.6 is 0 Å². The topological polar surface area (TPSA) is 92.1 Å². The highest BCUT2D eigenvalue weighted by molar-refractivity contribution is 6.04. The molecule has 0 radical (unpaired) electrons. The van der Waals surface area contributed by atoms with Crippen molar-refractivity contribution in [1.29, 1.82) is 5.26 Å². The number of anilines is 1. The summed E-state index contributed by atoms with van der Waals surface area (Å²) in [5.41, 5.74) is 2.46. The van der Waals surface area contributed by atoms with Gasteiger partial charge in [-0.1, -0.05) is 18.2 Å². The molecule has 3 aromatic heterocycles. The average molecular weight is 397 g/mol. The second-order valence-corrected chi connectivity index (χ2v) is 8.19. The van der Waals surface area contributed by atoms with Crippen molar-refractivity contribution in [2.75, 3.05) is 11.4 Å². The number of hydrogen-bond acceptors (Lipinski definition) is 5. The molecule has 0 unspecified atom stereocenters. The summed E-state index contributed by atoms with van der Waals surface area (Å²) >= 11 is 0. The zero-order valence-electron chi connectivity index (χ0n) is 16.5. The van der Waals surface area contributed by atoms with Gasteiger partial charge in [0.25, 0.3) is 0 Å². The normalized spacial score (nSPS) is 21.6. The first-order chi connectivity index (χ1) is 14.6. The van der Waals surface area contributed by atoms with E-state index < -0.39 is 5.41 Å². The number of carbonyl (C=O) groups is 1. The standard InChI is InChI=1S/C22H19N7O/c1-27-19-14(11-25-27)3-2-4-16(19)17-12-29-18(7-9-24-29)20(26-17)28-10-8-22(13-23,21(28)30)15-5-6-15/h2-4,7,9,11-12,15H,5-6,8,10H2,1H3/t22-/m1/s1. The SMILES string of the molecule is Cn1ncc2cccc(-c3cn4nccc4c(N4CC[C@@](C#N)(C5CC5)C4=O)n3)c21. The molecule has 1 aliphatic heterocycles. The zero-order chi connectivity index (χ0) is 20.5. The first-order valence-corrected chi connectivity index (χ1v) is 10.1. The van der Waals surface area contributed by atoms with Crippen molar-refractivity contribution < 1.29 is 4.79 Å². The lowest BCUT2D eigenvalue weighted by atomic mass is 9.83. The van der Waals surface area contributed by atoms with Gasteiger partial charge in [0.2, 0.25) is 5.91 Å². The number of amides is 1. The summed E-state index contributed by atoms with van der Waals surface area (Å²) in [7, 11) is 1.90. The Hall–Kier alpha value is -3.73. The van der Waals surface area contributed by atoms with Crippen molar-refractivity contribution in [3.05, 3.63) is 42.9 Å². The highest BCUT2D eigenvalue weighted by atomic mass is 16.2. The fourth-order valence-corrected chi connectivity index (χ4v) is 4.77. The third kappa shape index (κ3) is 2.20. The molecule has 0 spiro atoms. The highest BCUT2D eigenvalue weighted by Crippen LogP contribution is 2.52. The van der Waals surface area contributed by atoms with Crippen LogP contribution in [0.25, 0.3) is 27.7 Å². The van der Waals surface area contributed by atoms with Crippen molar-refractivity contribution in [3.63, 3.8) is 0 Å². The third-order valence-corrected chi connectivity index (χ3v) is 6.49. The van der Waals surface area contributed by atoms with E-state index in [0.717, 1.165) is 34.8 Å². The van der Waals surface area contributed by atoms with Gasteiger partial charge in [-0.15, -0.1) is 0 Å². The lowest BCUT2D eigenvalue weighted by molar-refractivity contribution is -0.123. The Morgan fingerprint density at radius 2 is 2.10 bits per heavy atom. The highest BCUT2D eigenvalue weighted by Gasteiger charge is 2.57. The van der Waals surface area contributed by atoms with Gasteiger partial charge < -0.3 is 0 Å². The number of hydrogen-bond donors (Lipinski definition) is 0. The van der Waals surface area contributed by atoms with E-state index in [1.165, 1.54) is 0 Å². The minimum atomic E-state index is -0.906.